The average Bonchev–Trinajstić information content (AvgIpc) is 2.46. The molecule has 19 heavy (non-hydrogen) atoms. The van der Waals surface area contributed by atoms with Crippen molar-refractivity contribution in [3.8, 4) is 0 Å². The quantitative estimate of drug-likeness (QED) is 0.847. The minimum atomic E-state index is -0.00293. The van der Waals surface area contributed by atoms with Gasteiger partial charge in [0.2, 0.25) is 0 Å². The van der Waals surface area contributed by atoms with Crippen LogP contribution >= 0.6 is 0 Å². The van der Waals surface area contributed by atoms with E-state index in [4.69, 9.17) is 5.11 Å². The van der Waals surface area contributed by atoms with Crippen LogP contribution in [0, 0.1) is 0 Å². The predicted octanol–water partition coefficient (Wildman–Crippen LogP) is 3.53. The Morgan fingerprint density at radius 2 is 1.68 bits per heavy atom. The van der Waals surface area contributed by atoms with Crippen molar-refractivity contribution in [1.82, 2.24) is 0 Å². The third kappa shape index (κ3) is 2.91. The molecule has 0 aliphatic heterocycles. The fraction of sp³-hybridized carbons (Fsp3) is 0.235. The van der Waals surface area contributed by atoms with Gasteiger partial charge < -0.3 is 5.11 Å². The highest BCUT2D eigenvalue weighted by atomic mass is 16.3. The van der Waals surface area contributed by atoms with Crippen LogP contribution in [0.15, 0.2) is 48.5 Å². The molecule has 0 radical (unpaired) electrons. The van der Waals surface area contributed by atoms with Crippen LogP contribution in [0.4, 0.5) is 0 Å². The molecule has 0 spiro atoms. The Hall–Kier alpha value is -1.93. The highest BCUT2D eigenvalue weighted by Crippen LogP contribution is 2.22. The number of ketones is 1. The Morgan fingerprint density at radius 3 is 2.26 bits per heavy atom. The monoisotopic (exact) mass is 254 g/mol. The molecule has 2 nitrogen and oxygen atoms in total. The summed E-state index contributed by atoms with van der Waals surface area (Å²) in [4.78, 5) is 12.5. The van der Waals surface area contributed by atoms with Gasteiger partial charge in [-0.05, 0) is 17.0 Å². The molecule has 0 saturated heterocycles. The second-order valence-electron chi connectivity index (χ2n) is 4.93. The Balaban J connectivity index is 2.38. The van der Waals surface area contributed by atoms with E-state index in [0.29, 0.717) is 11.5 Å². The number of rotatable bonds is 4. The van der Waals surface area contributed by atoms with Crippen molar-refractivity contribution in [2.24, 2.45) is 0 Å². The third-order valence-electron chi connectivity index (χ3n) is 3.23. The van der Waals surface area contributed by atoms with Gasteiger partial charge in [0.25, 0.3) is 0 Å². The topological polar surface area (TPSA) is 37.3 Å². The Bertz CT molecular complexity index is 568. The Kier molecular flexibility index (Phi) is 4.13. The Morgan fingerprint density at radius 1 is 1.05 bits per heavy atom. The molecule has 0 aliphatic rings. The molecule has 0 bridgehead atoms. The molecule has 2 aromatic rings. The first-order valence-electron chi connectivity index (χ1n) is 6.47. The van der Waals surface area contributed by atoms with Crippen molar-refractivity contribution >= 4 is 5.78 Å². The summed E-state index contributed by atoms with van der Waals surface area (Å²) >= 11 is 0. The number of carbonyl (C=O) groups excluding carboxylic acids is 1. The van der Waals surface area contributed by atoms with Crippen molar-refractivity contribution in [3.63, 3.8) is 0 Å². The molecule has 1 N–H and O–H groups in total. The van der Waals surface area contributed by atoms with Gasteiger partial charge >= 0.3 is 0 Å². The molecule has 0 aliphatic carbocycles. The molecule has 2 aromatic carbocycles. The lowest BCUT2D eigenvalue weighted by molar-refractivity contribution is 0.103. The highest BCUT2D eigenvalue weighted by molar-refractivity contribution is 6.10. The van der Waals surface area contributed by atoms with Crippen molar-refractivity contribution in [3.05, 3.63) is 70.8 Å². The van der Waals surface area contributed by atoms with Gasteiger partial charge in [-0.2, -0.15) is 0 Å². The SMILES string of the molecule is CC(C)c1ccccc1C(=O)c1ccc(CO)cc1. The zero-order chi connectivity index (χ0) is 13.8. The third-order valence-corrected chi connectivity index (χ3v) is 3.23. The van der Waals surface area contributed by atoms with Crippen LogP contribution in [-0.2, 0) is 6.61 Å². The number of hydrogen-bond donors (Lipinski definition) is 1. The van der Waals surface area contributed by atoms with Crippen LogP contribution in [0.3, 0.4) is 0 Å². The van der Waals surface area contributed by atoms with Crippen molar-refractivity contribution in [2.75, 3.05) is 0 Å². The molecular weight excluding hydrogens is 236 g/mol. The maximum atomic E-state index is 12.5. The maximum Gasteiger partial charge on any atom is 0.193 e. The zero-order valence-corrected chi connectivity index (χ0v) is 11.3. The van der Waals surface area contributed by atoms with E-state index in [1.807, 2.05) is 24.3 Å². The van der Waals surface area contributed by atoms with Crippen LogP contribution < -0.4 is 0 Å². The van der Waals surface area contributed by atoms with E-state index in [0.717, 1.165) is 16.7 Å². The highest BCUT2D eigenvalue weighted by Gasteiger charge is 2.14. The molecule has 0 saturated carbocycles. The van der Waals surface area contributed by atoms with Gasteiger partial charge in [0.05, 0.1) is 6.61 Å². The van der Waals surface area contributed by atoms with Gasteiger partial charge in [0.15, 0.2) is 5.78 Å². The first kappa shape index (κ1) is 13.5. The molecule has 0 fully saturated rings. The minimum Gasteiger partial charge on any atom is -0.392 e. The fourth-order valence-electron chi connectivity index (χ4n) is 2.12. The van der Waals surface area contributed by atoms with Crippen molar-refractivity contribution < 1.29 is 9.90 Å². The summed E-state index contributed by atoms with van der Waals surface area (Å²) in [6, 6.07) is 14.8. The van der Waals surface area contributed by atoms with Crippen LogP contribution in [0.25, 0.3) is 0 Å². The summed E-state index contributed by atoms with van der Waals surface area (Å²) in [5.74, 6) is 0.352. The standard InChI is InChI=1S/C17H18O2/c1-12(2)15-5-3-4-6-16(15)17(19)14-9-7-13(11-18)8-10-14/h3-10,12,18H,11H2,1-2H3. The summed E-state index contributed by atoms with van der Waals surface area (Å²) in [7, 11) is 0. The molecule has 0 amide bonds. The number of hydrogen-bond acceptors (Lipinski definition) is 2. The molecule has 98 valence electrons. The van der Waals surface area contributed by atoms with E-state index >= 15 is 0 Å². The van der Waals surface area contributed by atoms with E-state index in [1.54, 1.807) is 24.3 Å². The predicted molar refractivity (Wildman–Crippen MR) is 76.3 cm³/mol. The van der Waals surface area contributed by atoms with Crippen LogP contribution in [-0.4, -0.2) is 10.9 Å². The summed E-state index contributed by atoms with van der Waals surface area (Å²) in [5.41, 5.74) is 3.30. The number of aliphatic hydroxyl groups excluding tert-OH is 1. The molecule has 0 unspecified atom stereocenters. The van der Waals surface area contributed by atoms with Crippen LogP contribution in [0.5, 0.6) is 0 Å². The first-order chi connectivity index (χ1) is 9.13. The van der Waals surface area contributed by atoms with Gasteiger partial charge in [0, 0.05) is 11.1 Å². The molecular formula is C17H18O2. The summed E-state index contributed by atoms with van der Waals surface area (Å²) in [6.45, 7) is 4.17. The number of carbonyl (C=O) groups is 1. The van der Waals surface area contributed by atoms with E-state index in [9.17, 15) is 4.79 Å². The molecule has 0 heterocycles. The molecule has 0 atom stereocenters. The second kappa shape index (κ2) is 5.81. The zero-order valence-electron chi connectivity index (χ0n) is 11.3. The molecule has 2 rings (SSSR count). The lowest BCUT2D eigenvalue weighted by Crippen LogP contribution is -2.06. The van der Waals surface area contributed by atoms with Gasteiger partial charge in [0.1, 0.15) is 0 Å². The molecule has 0 aromatic heterocycles. The largest absolute Gasteiger partial charge is 0.392 e. The van der Waals surface area contributed by atoms with Crippen molar-refractivity contribution in [2.45, 2.75) is 26.4 Å². The van der Waals surface area contributed by atoms with Gasteiger partial charge in [-0.25, -0.2) is 0 Å². The normalized spacial score (nSPS) is 10.7. The first-order valence-corrected chi connectivity index (χ1v) is 6.47. The second-order valence-corrected chi connectivity index (χ2v) is 4.93. The summed E-state index contributed by atoms with van der Waals surface area (Å²) in [5, 5.41) is 9.02. The maximum absolute atomic E-state index is 12.5. The number of benzene rings is 2. The fourth-order valence-corrected chi connectivity index (χ4v) is 2.12. The van der Waals surface area contributed by atoms with Crippen molar-refractivity contribution in [1.29, 1.82) is 0 Å². The van der Waals surface area contributed by atoms with Gasteiger partial charge in [-0.15, -0.1) is 0 Å². The summed E-state index contributed by atoms with van der Waals surface area (Å²) < 4.78 is 0. The van der Waals surface area contributed by atoms with E-state index in [2.05, 4.69) is 13.8 Å². The average molecular weight is 254 g/mol. The van der Waals surface area contributed by atoms with Crippen LogP contribution in [0.1, 0.15) is 46.8 Å². The lowest BCUT2D eigenvalue weighted by atomic mass is 9.92. The van der Waals surface area contributed by atoms with Crippen LogP contribution in [0.2, 0.25) is 0 Å². The Labute approximate surface area is 113 Å². The smallest absolute Gasteiger partial charge is 0.193 e. The molecule has 2 heteroatoms. The van der Waals surface area contributed by atoms with E-state index < -0.39 is 0 Å². The van der Waals surface area contributed by atoms with Gasteiger partial charge in [-0.3, -0.25) is 4.79 Å². The van der Waals surface area contributed by atoms with E-state index in [1.165, 1.54) is 0 Å². The van der Waals surface area contributed by atoms with Gasteiger partial charge in [-0.1, -0.05) is 62.4 Å². The summed E-state index contributed by atoms with van der Waals surface area (Å²) in [6.07, 6.45) is 0. The number of aliphatic hydroxyl groups is 1. The lowest BCUT2D eigenvalue weighted by Gasteiger charge is -2.11. The minimum absolute atomic E-state index is 0.00293. The van der Waals surface area contributed by atoms with E-state index in [-0.39, 0.29) is 12.4 Å².